The molecule has 0 bridgehead atoms. The number of nitrogens with zero attached hydrogens (tertiary/aromatic N) is 2. The van der Waals surface area contributed by atoms with Gasteiger partial charge in [-0.15, -0.1) is 11.3 Å². The number of thiophene rings is 1. The first-order valence-electron chi connectivity index (χ1n) is 8.75. The van der Waals surface area contributed by atoms with Crippen LogP contribution in [0.3, 0.4) is 0 Å². The molecule has 1 aromatic rings. The number of halogens is 4. The Morgan fingerprint density at radius 2 is 2.04 bits per heavy atom. The van der Waals surface area contributed by atoms with Crippen LogP contribution in [0.1, 0.15) is 54.4 Å². The topological polar surface area (TPSA) is 52.9 Å². The summed E-state index contributed by atoms with van der Waals surface area (Å²) >= 11 is 1.36. The SMILES string of the molecule is CC(C)(C)C1CCc2c(C(=O)N3N=C(C(F)F)CC3(O)C(F)F)csc2C1. The van der Waals surface area contributed by atoms with E-state index < -0.39 is 36.6 Å². The van der Waals surface area contributed by atoms with Gasteiger partial charge in [0.1, 0.15) is 5.71 Å². The van der Waals surface area contributed by atoms with Crippen molar-refractivity contribution >= 4 is 23.0 Å². The van der Waals surface area contributed by atoms with Crippen LogP contribution < -0.4 is 0 Å². The largest absolute Gasteiger partial charge is 0.364 e. The van der Waals surface area contributed by atoms with Crippen molar-refractivity contribution in [3.05, 3.63) is 21.4 Å². The molecule has 0 aromatic carbocycles. The van der Waals surface area contributed by atoms with Gasteiger partial charge in [0.05, 0.1) is 5.56 Å². The Morgan fingerprint density at radius 1 is 1.37 bits per heavy atom. The number of amides is 1. The molecule has 0 radical (unpaired) electrons. The van der Waals surface area contributed by atoms with Crippen LogP contribution in [-0.2, 0) is 12.8 Å². The molecule has 1 aliphatic heterocycles. The summed E-state index contributed by atoms with van der Waals surface area (Å²) in [5, 5.41) is 15.2. The lowest BCUT2D eigenvalue weighted by Crippen LogP contribution is -2.51. The average Bonchev–Trinajstić information content (AvgIpc) is 3.15. The molecule has 0 spiro atoms. The Balaban J connectivity index is 1.92. The minimum atomic E-state index is -3.42. The minimum absolute atomic E-state index is 0.104. The molecule has 1 aliphatic carbocycles. The normalized spacial score (nSPS) is 25.9. The predicted octanol–water partition coefficient (Wildman–Crippen LogP) is 4.32. The van der Waals surface area contributed by atoms with Crippen molar-refractivity contribution in [3.63, 3.8) is 0 Å². The van der Waals surface area contributed by atoms with Gasteiger partial charge in [0.2, 0.25) is 5.72 Å². The van der Waals surface area contributed by atoms with Crippen LogP contribution in [0.5, 0.6) is 0 Å². The number of carbonyl (C=O) groups excluding carboxylic acids is 1. The first-order valence-corrected chi connectivity index (χ1v) is 9.63. The maximum atomic E-state index is 13.4. The highest BCUT2D eigenvalue weighted by Gasteiger charge is 2.53. The fraction of sp³-hybridized carbons (Fsp3) is 0.667. The van der Waals surface area contributed by atoms with E-state index in [4.69, 9.17) is 0 Å². The second kappa shape index (κ2) is 6.84. The van der Waals surface area contributed by atoms with Crippen LogP contribution in [0.15, 0.2) is 10.5 Å². The first kappa shape index (κ1) is 20.3. The van der Waals surface area contributed by atoms with Crippen LogP contribution in [0.25, 0.3) is 0 Å². The van der Waals surface area contributed by atoms with Crippen molar-refractivity contribution < 1.29 is 27.5 Å². The molecule has 3 rings (SSSR count). The van der Waals surface area contributed by atoms with Crippen LogP contribution in [0.2, 0.25) is 0 Å². The van der Waals surface area contributed by atoms with Gasteiger partial charge in [-0.05, 0) is 36.2 Å². The molecule has 1 N–H and O–H groups in total. The monoisotopic (exact) mass is 406 g/mol. The maximum absolute atomic E-state index is 13.4. The van der Waals surface area contributed by atoms with E-state index in [-0.39, 0.29) is 16.0 Å². The van der Waals surface area contributed by atoms with Crippen molar-refractivity contribution in [1.82, 2.24) is 5.01 Å². The number of fused-ring (bicyclic) bond motifs is 1. The Labute approximate surface area is 158 Å². The van der Waals surface area contributed by atoms with E-state index in [0.29, 0.717) is 12.3 Å². The van der Waals surface area contributed by atoms with Crippen molar-refractivity contribution in [2.45, 2.75) is 65.0 Å². The van der Waals surface area contributed by atoms with Crippen LogP contribution >= 0.6 is 11.3 Å². The van der Waals surface area contributed by atoms with Gasteiger partial charge in [0.25, 0.3) is 18.8 Å². The summed E-state index contributed by atoms with van der Waals surface area (Å²) < 4.78 is 52.6. The summed E-state index contributed by atoms with van der Waals surface area (Å²) in [5.41, 5.74) is -2.93. The van der Waals surface area contributed by atoms with E-state index in [0.717, 1.165) is 23.3 Å². The average molecular weight is 406 g/mol. The second-order valence-electron chi connectivity index (χ2n) is 8.22. The number of aliphatic hydroxyl groups is 1. The summed E-state index contributed by atoms with van der Waals surface area (Å²) in [5.74, 6) is -0.528. The van der Waals surface area contributed by atoms with Gasteiger partial charge < -0.3 is 5.11 Å². The molecule has 2 unspecified atom stereocenters. The lowest BCUT2D eigenvalue weighted by molar-refractivity contribution is -0.164. The van der Waals surface area contributed by atoms with E-state index >= 15 is 0 Å². The molecule has 0 saturated heterocycles. The first-order chi connectivity index (χ1) is 12.4. The van der Waals surface area contributed by atoms with Crippen LogP contribution in [0, 0.1) is 11.3 Å². The maximum Gasteiger partial charge on any atom is 0.287 e. The highest BCUT2D eigenvalue weighted by molar-refractivity contribution is 7.10. The highest BCUT2D eigenvalue weighted by Crippen LogP contribution is 2.42. The summed E-state index contributed by atoms with van der Waals surface area (Å²) in [6.45, 7) is 6.45. The number of hydrazone groups is 1. The molecule has 0 fully saturated rings. The number of alkyl halides is 4. The Morgan fingerprint density at radius 3 is 2.59 bits per heavy atom. The number of rotatable bonds is 3. The molecule has 150 valence electrons. The fourth-order valence-electron chi connectivity index (χ4n) is 3.65. The zero-order valence-electron chi connectivity index (χ0n) is 15.3. The Kier molecular flexibility index (Phi) is 5.14. The van der Waals surface area contributed by atoms with Gasteiger partial charge in [-0.3, -0.25) is 4.79 Å². The van der Waals surface area contributed by atoms with E-state index in [1.165, 1.54) is 11.3 Å². The smallest absolute Gasteiger partial charge is 0.287 e. The van der Waals surface area contributed by atoms with Gasteiger partial charge in [-0.25, -0.2) is 17.6 Å². The third-order valence-corrected chi connectivity index (χ3v) is 6.49. The van der Waals surface area contributed by atoms with Gasteiger partial charge >= 0.3 is 0 Å². The van der Waals surface area contributed by atoms with Gasteiger partial charge in [-0.2, -0.15) is 10.1 Å². The quantitative estimate of drug-likeness (QED) is 0.760. The van der Waals surface area contributed by atoms with Crippen LogP contribution in [-0.4, -0.2) is 40.3 Å². The molecule has 1 aromatic heterocycles. The highest BCUT2D eigenvalue weighted by atomic mass is 32.1. The molecule has 27 heavy (non-hydrogen) atoms. The van der Waals surface area contributed by atoms with Gasteiger partial charge in [-0.1, -0.05) is 20.8 Å². The zero-order valence-corrected chi connectivity index (χ0v) is 16.1. The molecule has 2 aliphatic rings. The zero-order chi connectivity index (χ0) is 20.1. The third kappa shape index (κ3) is 3.51. The van der Waals surface area contributed by atoms with Gasteiger partial charge in [0, 0.05) is 16.7 Å². The molecule has 4 nitrogen and oxygen atoms in total. The van der Waals surface area contributed by atoms with Crippen molar-refractivity contribution in [2.24, 2.45) is 16.4 Å². The molecule has 2 heterocycles. The molecule has 0 saturated carbocycles. The molecular formula is C18H22F4N2O2S. The summed E-state index contributed by atoms with van der Waals surface area (Å²) in [6.07, 6.45) is -5.36. The third-order valence-electron chi connectivity index (χ3n) is 5.44. The summed E-state index contributed by atoms with van der Waals surface area (Å²) in [6, 6.07) is 0. The number of hydrogen-bond acceptors (Lipinski definition) is 4. The lowest BCUT2D eigenvalue weighted by atomic mass is 9.72. The van der Waals surface area contributed by atoms with Crippen molar-refractivity contribution in [3.8, 4) is 0 Å². The lowest BCUT2D eigenvalue weighted by Gasteiger charge is -2.34. The van der Waals surface area contributed by atoms with Gasteiger partial charge in [0.15, 0.2) is 0 Å². The predicted molar refractivity (Wildman–Crippen MR) is 94.5 cm³/mol. The second-order valence-corrected chi connectivity index (χ2v) is 9.19. The molecule has 9 heteroatoms. The molecule has 1 amide bonds. The standard InChI is InChI=1S/C18H22F4N2O2S/c1-17(2,3)9-4-5-10-11(8-27-13(10)6-9)15(25)24-18(26,16(21)22)7-12(23-24)14(19)20/h8-9,14,16,26H,4-7H2,1-3H3. The number of carbonyl (C=O) groups is 1. The molecular weight excluding hydrogens is 384 g/mol. The van der Waals surface area contributed by atoms with Crippen molar-refractivity contribution in [1.29, 1.82) is 0 Å². The minimum Gasteiger partial charge on any atom is -0.364 e. The van der Waals surface area contributed by atoms with E-state index in [1.807, 2.05) is 0 Å². The van der Waals surface area contributed by atoms with E-state index in [9.17, 15) is 27.5 Å². The fourth-order valence-corrected chi connectivity index (χ4v) is 4.80. The summed E-state index contributed by atoms with van der Waals surface area (Å²) in [4.78, 5) is 13.8. The van der Waals surface area contributed by atoms with E-state index in [1.54, 1.807) is 5.38 Å². The van der Waals surface area contributed by atoms with Crippen LogP contribution in [0.4, 0.5) is 17.6 Å². The summed E-state index contributed by atoms with van der Waals surface area (Å²) in [7, 11) is 0. The van der Waals surface area contributed by atoms with Crippen molar-refractivity contribution in [2.75, 3.05) is 0 Å². The Hall–Kier alpha value is -1.48. The number of hydrogen-bond donors (Lipinski definition) is 1. The Bertz CT molecular complexity index is 772. The molecule has 2 atom stereocenters. The van der Waals surface area contributed by atoms with E-state index in [2.05, 4.69) is 25.9 Å².